The number of halogens is 3. The van der Waals surface area contributed by atoms with E-state index in [-0.39, 0.29) is 10.7 Å². The van der Waals surface area contributed by atoms with Crippen LogP contribution in [0, 0.1) is 17.0 Å². The minimum Gasteiger partial charge on any atom is -0.258 e. The summed E-state index contributed by atoms with van der Waals surface area (Å²) in [5.41, 5.74) is 1.03. The molecule has 0 amide bonds. The Labute approximate surface area is 115 Å². The largest absolute Gasteiger partial charge is 0.306 e. The van der Waals surface area contributed by atoms with Gasteiger partial charge in [0.2, 0.25) is 0 Å². The molecular weight excluding hydrogens is 331 g/mol. The third kappa shape index (κ3) is 1.99. The van der Waals surface area contributed by atoms with Crippen LogP contribution in [-0.2, 0) is 0 Å². The first-order chi connectivity index (χ1) is 7.93. The van der Waals surface area contributed by atoms with Crippen molar-refractivity contribution in [2.24, 2.45) is 0 Å². The van der Waals surface area contributed by atoms with Gasteiger partial charge in [-0.15, -0.1) is 0 Å². The number of rotatable bonds is 1. The predicted molar refractivity (Wildman–Crippen MR) is 70.9 cm³/mol. The maximum absolute atomic E-state index is 10.8. The van der Waals surface area contributed by atoms with E-state index < -0.39 is 4.92 Å². The van der Waals surface area contributed by atoms with E-state index in [2.05, 4.69) is 20.9 Å². The molecule has 0 spiro atoms. The van der Waals surface area contributed by atoms with E-state index in [1.54, 1.807) is 13.0 Å². The summed E-state index contributed by atoms with van der Waals surface area (Å²) in [6.07, 6.45) is 1.13. The first kappa shape index (κ1) is 12.5. The van der Waals surface area contributed by atoms with E-state index in [0.29, 0.717) is 20.4 Å². The lowest BCUT2D eigenvalue weighted by Crippen LogP contribution is -1.94. The van der Waals surface area contributed by atoms with E-state index in [1.165, 1.54) is 0 Å². The zero-order valence-electron chi connectivity index (χ0n) is 8.50. The molecule has 0 aliphatic rings. The normalized spacial score (nSPS) is 10.8. The molecule has 0 aliphatic carbocycles. The Bertz CT molecular complexity index is 646. The van der Waals surface area contributed by atoms with Crippen LogP contribution in [0.2, 0.25) is 10.0 Å². The molecule has 0 N–H and O–H groups in total. The fourth-order valence-corrected chi connectivity index (χ4v) is 2.74. The maximum atomic E-state index is 10.8. The summed E-state index contributed by atoms with van der Waals surface area (Å²) >= 11 is 15.4. The van der Waals surface area contributed by atoms with Gasteiger partial charge in [-0.25, -0.2) is 4.98 Å². The molecule has 2 rings (SSSR count). The number of hydrogen-bond acceptors (Lipinski definition) is 3. The van der Waals surface area contributed by atoms with Gasteiger partial charge < -0.3 is 0 Å². The van der Waals surface area contributed by atoms with Gasteiger partial charge in [-0.3, -0.25) is 10.1 Å². The molecule has 0 saturated carbocycles. The molecule has 1 aromatic heterocycles. The molecule has 7 heteroatoms. The topological polar surface area (TPSA) is 56.0 Å². The van der Waals surface area contributed by atoms with E-state index in [9.17, 15) is 10.1 Å². The van der Waals surface area contributed by atoms with Crippen LogP contribution in [0.4, 0.5) is 5.69 Å². The molecule has 1 heterocycles. The average Bonchev–Trinajstić information content (AvgIpc) is 2.25. The van der Waals surface area contributed by atoms with Gasteiger partial charge in [-0.05, 0) is 34.5 Å². The highest BCUT2D eigenvalue weighted by atomic mass is 79.9. The highest BCUT2D eigenvalue weighted by Crippen LogP contribution is 2.39. The molecule has 17 heavy (non-hydrogen) atoms. The SMILES string of the molecule is Cc1cc(Br)c2ncc([N+](=O)[O-])c(Cl)c2c1Cl. The van der Waals surface area contributed by atoms with Gasteiger partial charge in [0.1, 0.15) is 11.2 Å². The van der Waals surface area contributed by atoms with Gasteiger partial charge in [-0.1, -0.05) is 23.2 Å². The molecule has 0 bridgehead atoms. The summed E-state index contributed by atoms with van der Waals surface area (Å²) in [6, 6.07) is 1.79. The van der Waals surface area contributed by atoms with Crippen LogP contribution in [0.25, 0.3) is 10.9 Å². The number of benzene rings is 1. The lowest BCUT2D eigenvalue weighted by Gasteiger charge is -2.07. The molecule has 0 aliphatic heterocycles. The van der Waals surface area contributed by atoms with Crippen molar-refractivity contribution in [1.29, 1.82) is 0 Å². The van der Waals surface area contributed by atoms with Crippen LogP contribution in [0.15, 0.2) is 16.7 Å². The molecule has 4 nitrogen and oxygen atoms in total. The summed E-state index contributed by atoms with van der Waals surface area (Å²) in [4.78, 5) is 14.2. The third-order valence-electron chi connectivity index (χ3n) is 2.33. The first-order valence-corrected chi connectivity index (χ1v) is 6.05. The second-order valence-corrected chi connectivity index (χ2v) is 5.04. The van der Waals surface area contributed by atoms with Crippen molar-refractivity contribution < 1.29 is 4.92 Å². The minimum absolute atomic E-state index is 0.00870. The number of nitro groups is 1. The lowest BCUT2D eigenvalue weighted by molar-refractivity contribution is -0.384. The standard InChI is InChI=1S/C10H5BrCl2N2O2/c1-4-2-5(11)10-7(8(4)12)9(13)6(3-14-10)15(16)17/h2-3H,1H3. The Morgan fingerprint density at radius 1 is 1.41 bits per heavy atom. The van der Waals surface area contributed by atoms with E-state index in [4.69, 9.17) is 23.2 Å². The Hall–Kier alpha value is -0.910. The van der Waals surface area contributed by atoms with Crippen molar-refractivity contribution in [3.63, 3.8) is 0 Å². The summed E-state index contributed by atoms with van der Waals surface area (Å²) in [5, 5.41) is 11.6. The quantitative estimate of drug-likeness (QED) is 0.568. The Balaban J connectivity index is 2.98. The number of pyridine rings is 1. The van der Waals surface area contributed by atoms with Crippen LogP contribution in [-0.4, -0.2) is 9.91 Å². The van der Waals surface area contributed by atoms with E-state index in [1.807, 2.05) is 0 Å². The van der Waals surface area contributed by atoms with Crippen molar-refractivity contribution in [1.82, 2.24) is 4.98 Å². The summed E-state index contributed by atoms with van der Waals surface area (Å²) in [5.74, 6) is 0. The molecule has 0 saturated heterocycles. The Morgan fingerprint density at radius 2 is 2.06 bits per heavy atom. The zero-order valence-corrected chi connectivity index (χ0v) is 11.6. The molecule has 2 aromatic rings. The summed E-state index contributed by atoms with van der Waals surface area (Å²) < 4.78 is 0.700. The van der Waals surface area contributed by atoms with E-state index in [0.717, 1.165) is 11.8 Å². The number of aryl methyl sites for hydroxylation is 1. The monoisotopic (exact) mass is 334 g/mol. The number of fused-ring (bicyclic) bond motifs is 1. The van der Waals surface area contributed by atoms with Crippen molar-refractivity contribution in [2.75, 3.05) is 0 Å². The summed E-state index contributed by atoms with van der Waals surface area (Å²) in [7, 11) is 0. The number of aromatic nitrogens is 1. The fraction of sp³-hybridized carbons (Fsp3) is 0.100. The van der Waals surface area contributed by atoms with Crippen LogP contribution >= 0.6 is 39.1 Å². The maximum Gasteiger partial charge on any atom is 0.306 e. The zero-order chi connectivity index (χ0) is 12.7. The Morgan fingerprint density at radius 3 is 2.65 bits per heavy atom. The van der Waals surface area contributed by atoms with Crippen molar-refractivity contribution in [3.8, 4) is 0 Å². The van der Waals surface area contributed by atoms with Gasteiger partial charge in [0, 0.05) is 9.86 Å². The first-order valence-electron chi connectivity index (χ1n) is 4.50. The third-order valence-corrected chi connectivity index (χ3v) is 3.80. The molecule has 0 radical (unpaired) electrons. The fourth-order valence-electron chi connectivity index (χ4n) is 1.51. The van der Waals surface area contributed by atoms with Crippen molar-refractivity contribution in [2.45, 2.75) is 6.92 Å². The second-order valence-electron chi connectivity index (χ2n) is 3.43. The van der Waals surface area contributed by atoms with Gasteiger partial charge in [-0.2, -0.15) is 0 Å². The van der Waals surface area contributed by atoms with Gasteiger partial charge in [0.05, 0.1) is 15.5 Å². The predicted octanol–water partition coefficient (Wildman–Crippen LogP) is 4.52. The van der Waals surface area contributed by atoms with Crippen LogP contribution in [0.5, 0.6) is 0 Å². The molecule has 1 aromatic carbocycles. The van der Waals surface area contributed by atoms with Crippen LogP contribution in [0.3, 0.4) is 0 Å². The number of nitrogens with zero attached hydrogens (tertiary/aromatic N) is 2. The van der Waals surface area contributed by atoms with Gasteiger partial charge in [0.25, 0.3) is 0 Å². The molecule has 0 atom stereocenters. The van der Waals surface area contributed by atoms with Crippen LogP contribution < -0.4 is 0 Å². The summed E-state index contributed by atoms with van der Waals surface area (Å²) in [6.45, 7) is 1.79. The Kier molecular flexibility index (Phi) is 3.25. The second kappa shape index (κ2) is 4.40. The molecule has 0 unspecified atom stereocenters. The van der Waals surface area contributed by atoms with Gasteiger partial charge in [0.15, 0.2) is 0 Å². The lowest BCUT2D eigenvalue weighted by atomic mass is 10.1. The number of hydrogen-bond donors (Lipinski definition) is 0. The van der Waals surface area contributed by atoms with Gasteiger partial charge >= 0.3 is 5.69 Å². The molecule has 88 valence electrons. The van der Waals surface area contributed by atoms with Crippen LogP contribution in [0.1, 0.15) is 5.56 Å². The van der Waals surface area contributed by atoms with Crippen molar-refractivity contribution in [3.05, 3.63) is 42.5 Å². The molecular formula is C10H5BrCl2N2O2. The minimum atomic E-state index is -0.582. The average molecular weight is 336 g/mol. The van der Waals surface area contributed by atoms with E-state index >= 15 is 0 Å². The molecule has 0 fully saturated rings. The highest BCUT2D eigenvalue weighted by Gasteiger charge is 2.20. The smallest absolute Gasteiger partial charge is 0.258 e. The highest BCUT2D eigenvalue weighted by molar-refractivity contribution is 9.10. The van der Waals surface area contributed by atoms with Crippen molar-refractivity contribution >= 4 is 55.7 Å².